The van der Waals surface area contributed by atoms with Crippen LogP contribution in [0.1, 0.15) is 13.8 Å². The molecule has 8 nitrogen and oxygen atoms in total. The summed E-state index contributed by atoms with van der Waals surface area (Å²) in [7, 11) is 0. The Balaban J connectivity index is 1.82. The molecule has 2 rings (SSSR count). The van der Waals surface area contributed by atoms with E-state index in [1.807, 2.05) is 38.1 Å². The number of nitro benzene ring substituents is 1. The Kier molecular flexibility index (Phi) is 6.78. The van der Waals surface area contributed by atoms with Crippen LogP contribution < -0.4 is 21.1 Å². The number of ether oxygens (including phenoxy) is 1. The van der Waals surface area contributed by atoms with Gasteiger partial charge in [0.25, 0.3) is 5.69 Å². The summed E-state index contributed by atoms with van der Waals surface area (Å²) in [5.41, 5.74) is 7.15. The number of anilines is 2. The van der Waals surface area contributed by atoms with E-state index in [0.29, 0.717) is 18.8 Å². The first kappa shape index (κ1) is 19.0. The van der Waals surface area contributed by atoms with Crippen LogP contribution in [0.5, 0.6) is 5.75 Å². The van der Waals surface area contributed by atoms with Crippen molar-refractivity contribution in [3.8, 4) is 5.75 Å². The molecule has 0 saturated heterocycles. The summed E-state index contributed by atoms with van der Waals surface area (Å²) in [5.74, 6) is 1.06. The fraction of sp³-hybridized carbons (Fsp3) is 0.278. The lowest BCUT2D eigenvalue weighted by Gasteiger charge is -2.11. The molecule has 138 valence electrons. The molecule has 0 saturated carbocycles. The molecular formula is C18H23N5O3. The van der Waals surface area contributed by atoms with Gasteiger partial charge in [-0.3, -0.25) is 15.1 Å². The Morgan fingerprint density at radius 3 is 2.58 bits per heavy atom. The molecule has 2 aromatic carbocycles. The fourth-order valence-electron chi connectivity index (χ4n) is 2.23. The molecule has 0 unspecified atom stereocenters. The average molecular weight is 357 g/mol. The molecule has 0 spiro atoms. The Morgan fingerprint density at radius 2 is 1.92 bits per heavy atom. The van der Waals surface area contributed by atoms with Crippen LogP contribution in [0, 0.1) is 10.1 Å². The first-order valence-electron chi connectivity index (χ1n) is 8.26. The lowest BCUT2D eigenvalue weighted by molar-refractivity contribution is -0.384. The zero-order valence-corrected chi connectivity index (χ0v) is 14.8. The highest BCUT2D eigenvalue weighted by Gasteiger charge is 2.10. The first-order valence-corrected chi connectivity index (χ1v) is 8.26. The number of nitro groups is 1. The van der Waals surface area contributed by atoms with Crippen LogP contribution in [0.4, 0.5) is 17.1 Å². The van der Waals surface area contributed by atoms with Crippen LogP contribution in [-0.4, -0.2) is 30.1 Å². The van der Waals surface area contributed by atoms with Gasteiger partial charge >= 0.3 is 0 Å². The van der Waals surface area contributed by atoms with Gasteiger partial charge in [-0.1, -0.05) is 12.1 Å². The highest BCUT2D eigenvalue weighted by atomic mass is 16.6. The van der Waals surface area contributed by atoms with E-state index in [-0.39, 0.29) is 17.8 Å². The van der Waals surface area contributed by atoms with Crippen molar-refractivity contribution in [3.63, 3.8) is 0 Å². The predicted molar refractivity (Wildman–Crippen MR) is 104 cm³/mol. The molecule has 4 N–H and O–H groups in total. The third-order valence-electron chi connectivity index (χ3n) is 3.31. The minimum atomic E-state index is -0.422. The quantitative estimate of drug-likeness (QED) is 0.220. The number of para-hydroxylation sites is 2. The minimum Gasteiger partial charge on any atom is -0.491 e. The molecule has 0 bridgehead atoms. The maximum Gasteiger partial charge on any atom is 0.292 e. The van der Waals surface area contributed by atoms with Crippen LogP contribution in [0.3, 0.4) is 0 Å². The molecule has 0 radical (unpaired) electrons. The van der Waals surface area contributed by atoms with Gasteiger partial charge in [0.1, 0.15) is 11.4 Å². The second-order valence-electron chi connectivity index (χ2n) is 5.78. The van der Waals surface area contributed by atoms with Crippen LogP contribution in [0.15, 0.2) is 53.5 Å². The van der Waals surface area contributed by atoms with Crippen molar-refractivity contribution in [2.24, 2.45) is 10.7 Å². The number of guanidine groups is 1. The van der Waals surface area contributed by atoms with Crippen LogP contribution in [0.25, 0.3) is 0 Å². The molecule has 0 amide bonds. The third-order valence-corrected chi connectivity index (χ3v) is 3.31. The van der Waals surface area contributed by atoms with Crippen molar-refractivity contribution < 1.29 is 9.66 Å². The number of nitrogens with two attached hydrogens (primary N) is 1. The maximum absolute atomic E-state index is 10.9. The van der Waals surface area contributed by atoms with Gasteiger partial charge in [0.05, 0.1) is 17.6 Å². The van der Waals surface area contributed by atoms with Gasteiger partial charge in [0.15, 0.2) is 5.96 Å². The Hall–Kier alpha value is -3.29. The van der Waals surface area contributed by atoms with E-state index >= 15 is 0 Å². The summed E-state index contributed by atoms with van der Waals surface area (Å²) in [6.07, 6.45) is 0.119. The zero-order valence-electron chi connectivity index (χ0n) is 14.8. The molecule has 0 aromatic heterocycles. The summed E-state index contributed by atoms with van der Waals surface area (Å²) >= 11 is 0. The van der Waals surface area contributed by atoms with Gasteiger partial charge in [0.2, 0.25) is 0 Å². The Bertz CT molecular complexity index is 760. The second kappa shape index (κ2) is 9.26. The molecule has 0 aliphatic carbocycles. The lowest BCUT2D eigenvalue weighted by atomic mass is 10.2. The van der Waals surface area contributed by atoms with Gasteiger partial charge in [-0.05, 0) is 44.2 Å². The fourth-order valence-corrected chi connectivity index (χ4v) is 2.23. The van der Waals surface area contributed by atoms with Crippen molar-refractivity contribution >= 4 is 23.0 Å². The maximum atomic E-state index is 10.9. The van der Waals surface area contributed by atoms with Crippen molar-refractivity contribution in [2.45, 2.75) is 20.0 Å². The standard InChI is InChI=1S/C18H23N5O3/c1-13(2)26-15-9-7-14(8-10-15)22-18(19)21-12-11-20-16-5-3-4-6-17(16)23(24)25/h3-10,13,20H,11-12H2,1-2H3,(H3,19,21,22). The van der Waals surface area contributed by atoms with Crippen molar-refractivity contribution in [3.05, 3.63) is 58.6 Å². The number of aliphatic imine (C=N–C) groups is 1. The predicted octanol–water partition coefficient (Wildman–Crippen LogP) is 3.22. The zero-order chi connectivity index (χ0) is 18.9. The largest absolute Gasteiger partial charge is 0.491 e. The number of hydrogen-bond donors (Lipinski definition) is 3. The van der Waals surface area contributed by atoms with Crippen LogP contribution >= 0.6 is 0 Å². The van der Waals surface area contributed by atoms with Crippen molar-refractivity contribution in [2.75, 3.05) is 23.7 Å². The minimum absolute atomic E-state index is 0.0336. The summed E-state index contributed by atoms with van der Waals surface area (Å²) in [6.45, 7) is 4.73. The monoisotopic (exact) mass is 357 g/mol. The molecule has 0 aliphatic rings. The Morgan fingerprint density at radius 1 is 1.23 bits per heavy atom. The summed E-state index contributed by atoms with van der Waals surface area (Å²) in [5, 5.41) is 16.9. The number of nitrogens with zero attached hydrogens (tertiary/aromatic N) is 2. The molecule has 0 fully saturated rings. The van der Waals surface area contributed by atoms with Gasteiger partial charge < -0.3 is 21.1 Å². The molecule has 26 heavy (non-hydrogen) atoms. The van der Waals surface area contributed by atoms with Gasteiger partial charge in [0, 0.05) is 18.3 Å². The Labute approximate surface area is 152 Å². The van der Waals surface area contributed by atoms with Crippen molar-refractivity contribution in [1.29, 1.82) is 0 Å². The molecule has 8 heteroatoms. The molecule has 0 atom stereocenters. The molecule has 0 heterocycles. The SMILES string of the molecule is CC(C)Oc1ccc(NC(N)=NCCNc2ccccc2[N+](=O)[O-])cc1. The average Bonchev–Trinajstić information content (AvgIpc) is 2.60. The van der Waals surface area contributed by atoms with Crippen LogP contribution in [0.2, 0.25) is 0 Å². The lowest BCUT2D eigenvalue weighted by Crippen LogP contribution is -2.23. The summed E-state index contributed by atoms with van der Waals surface area (Å²) in [6, 6.07) is 13.9. The van der Waals surface area contributed by atoms with Crippen LogP contribution in [-0.2, 0) is 0 Å². The third kappa shape index (κ3) is 5.97. The van der Waals surface area contributed by atoms with Crippen molar-refractivity contribution in [1.82, 2.24) is 0 Å². The van der Waals surface area contributed by atoms with E-state index < -0.39 is 4.92 Å². The summed E-state index contributed by atoms with van der Waals surface area (Å²) in [4.78, 5) is 14.7. The highest BCUT2D eigenvalue weighted by Crippen LogP contribution is 2.22. The van der Waals surface area contributed by atoms with E-state index in [9.17, 15) is 10.1 Å². The van der Waals surface area contributed by atoms with E-state index in [2.05, 4.69) is 15.6 Å². The summed E-state index contributed by atoms with van der Waals surface area (Å²) < 4.78 is 5.58. The van der Waals surface area contributed by atoms with E-state index in [0.717, 1.165) is 11.4 Å². The topological polar surface area (TPSA) is 115 Å². The van der Waals surface area contributed by atoms with E-state index in [1.54, 1.807) is 18.2 Å². The van der Waals surface area contributed by atoms with E-state index in [1.165, 1.54) is 6.07 Å². The normalized spacial score (nSPS) is 11.3. The number of nitrogens with one attached hydrogen (secondary N) is 2. The van der Waals surface area contributed by atoms with Gasteiger partial charge in [-0.2, -0.15) is 0 Å². The molecule has 2 aromatic rings. The number of rotatable bonds is 8. The first-order chi connectivity index (χ1) is 12.5. The molecular weight excluding hydrogens is 334 g/mol. The highest BCUT2D eigenvalue weighted by molar-refractivity contribution is 5.92. The van der Waals surface area contributed by atoms with Gasteiger partial charge in [-0.25, -0.2) is 0 Å². The van der Waals surface area contributed by atoms with E-state index in [4.69, 9.17) is 10.5 Å². The number of benzene rings is 2. The smallest absolute Gasteiger partial charge is 0.292 e. The second-order valence-corrected chi connectivity index (χ2v) is 5.78. The molecule has 0 aliphatic heterocycles. The van der Waals surface area contributed by atoms with Gasteiger partial charge in [-0.15, -0.1) is 0 Å². The number of hydrogen-bond acceptors (Lipinski definition) is 5.